The Labute approximate surface area is 216 Å². The molecule has 2 aromatic carbocycles. The first kappa shape index (κ1) is 25.3. The number of benzene rings is 2. The standard InChI is InChI=1S/C26H30Cl3N3O2/c1-30-13-4-3-5-24(30)26(34)32-14-12-23(20(16-32)18-8-11-21(28)22(29)15-18)31(2)25(33)17-6-9-19(27)10-7-17/h6-11,15,20,23-24H,3-5,12-14,16H2,1-2H3/t20-,23+,24+/m0/s1. The van der Waals surface area contributed by atoms with Crippen molar-refractivity contribution < 1.29 is 9.59 Å². The molecule has 2 amide bonds. The SMILES string of the molecule is CN1CCCC[C@@H]1C(=O)N1CC[C@@H](N(C)C(=O)c2ccc(Cl)cc2)[C@H](c2ccc(Cl)c(Cl)c2)C1. The van der Waals surface area contributed by atoms with Gasteiger partial charge in [-0.3, -0.25) is 14.5 Å². The smallest absolute Gasteiger partial charge is 0.253 e. The van der Waals surface area contributed by atoms with E-state index in [0.717, 1.165) is 31.4 Å². The Kier molecular flexibility index (Phi) is 8.08. The second-order valence-corrected chi connectivity index (χ2v) is 10.6. The molecule has 2 aliphatic heterocycles. The number of rotatable bonds is 4. The largest absolute Gasteiger partial charge is 0.341 e. The Morgan fingerprint density at radius 1 is 0.941 bits per heavy atom. The van der Waals surface area contributed by atoms with Crippen LogP contribution in [0, 0.1) is 0 Å². The molecule has 0 unspecified atom stereocenters. The zero-order valence-corrected chi connectivity index (χ0v) is 21.8. The highest BCUT2D eigenvalue weighted by molar-refractivity contribution is 6.42. The molecule has 0 radical (unpaired) electrons. The molecule has 2 heterocycles. The van der Waals surface area contributed by atoms with Gasteiger partial charge in [-0.1, -0.05) is 47.3 Å². The highest BCUT2D eigenvalue weighted by Gasteiger charge is 2.39. The topological polar surface area (TPSA) is 43.9 Å². The Hall–Kier alpha value is -1.79. The highest BCUT2D eigenvalue weighted by atomic mass is 35.5. The summed E-state index contributed by atoms with van der Waals surface area (Å²) in [4.78, 5) is 32.7. The lowest BCUT2D eigenvalue weighted by molar-refractivity contribution is -0.139. The average Bonchev–Trinajstić information content (AvgIpc) is 2.85. The van der Waals surface area contributed by atoms with Gasteiger partial charge in [-0.25, -0.2) is 0 Å². The van der Waals surface area contributed by atoms with E-state index in [-0.39, 0.29) is 29.8 Å². The lowest BCUT2D eigenvalue weighted by Crippen LogP contribution is -2.56. The van der Waals surface area contributed by atoms with Gasteiger partial charge >= 0.3 is 0 Å². The van der Waals surface area contributed by atoms with Crippen LogP contribution in [0.2, 0.25) is 15.1 Å². The van der Waals surface area contributed by atoms with E-state index in [1.807, 2.05) is 31.1 Å². The summed E-state index contributed by atoms with van der Waals surface area (Å²) in [7, 11) is 3.86. The highest BCUT2D eigenvalue weighted by Crippen LogP contribution is 2.35. The molecule has 0 saturated carbocycles. The van der Waals surface area contributed by atoms with Crippen molar-refractivity contribution in [2.75, 3.05) is 33.7 Å². The van der Waals surface area contributed by atoms with Crippen LogP contribution in [0.1, 0.15) is 47.5 Å². The summed E-state index contributed by atoms with van der Waals surface area (Å²) in [5.41, 5.74) is 1.56. The molecule has 5 nitrogen and oxygen atoms in total. The van der Waals surface area contributed by atoms with Gasteiger partial charge in [-0.05, 0) is 74.8 Å². The van der Waals surface area contributed by atoms with E-state index in [0.29, 0.717) is 40.1 Å². The molecule has 34 heavy (non-hydrogen) atoms. The van der Waals surface area contributed by atoms with Crippen LogP contribution in [-0.2, 0) is 4.79 Å². The number of carbonyl (C=O) groups excluding carboxylic acids is 2. The summed E-state index contributed by atoms with van der Waals surface area (Å²) >= 11 is 18.5. The third-order valence-electron chi connectivity index (χ3n) is 7.22. The molecule has 182 valence electrons. The average molecular weight is 523 g/mol. The minimum absolute atomic E-state index is 0.0708. The van der Waals surface area contributed by atoms with Crippen LogP contribution >= 0.6 is 34.8 Å². The Morgan fingerprint density at radius 2 is 1.68 bits per heavy atom. The van der Waals surface area contributed by atoms with E-state index in [2.05, 4.69) is 4.90 Å². The van der Waals surface area contributed by atoms with Crippen molar-refractivity contribution in [3.63, 3.8) is 0 Å². The molecule has 0 N–H and O–H groups in total. The Morgan fingerprint density at radius 3 is 2.35 bits per heavy atom. The number of likely N-dealkylation sites (N-methyl/N-ethyl adjacent to an activating group) is 2. The van der Waals surface area contributed by atoms with Crippen LogP contribution in [0.4, 0.5) is 0 Å². The number of carbonyl (C=O) groups is 2. The number of piperidine rings is 2. The van der Waals surface area contributed by atoms with Crippen molar-refractivity contribution in [1.82, 2.24) is 14.7 Å². The first-order valence-electron chi connectivity index (χ1n) is 11.7. The maximum atomic E-state index is 13.5. The third kappa shape index (κ3) is 5.38. The van der Waals surface area contributed by atoms with Crippen LogP contribution in [-0.4, -0.2) is 72.3 Å². The second kappa shape index (κ2) is 10.9. The van der Waals surface area contributed by atoms with Gasteiger partial charge in [0.15, 0.2) is 0 Å². The minimum atomic E-state index is -0.0893. The van der Waals surface area contributed by atoms with E-state index in [1.54, 1.807) is 35.2 Å². The fraction of sp³-hybridized carbons (Fsp3) is 0.462. The summed E-state index contributed by atoms with van der Waals surface area (Å²) in [6, 6.07) is 12.4. The van der Waals surface area contributed by atoms with Gasteiger partial charge in [0.25, 0.3) is 5.91 Å². The number of amides is 2. The number of halogens is 3. The van der Waals surface area contributed by atoms with Crippen molar-refractivity contribution in [3.8, 4) is 0 Å². The number of nitrogens with zero attached hydrogens (tertiary/aromatic N) is 3. The van der Waals surface area contributed by atoms with Gasteiger partial charge < -0.3 is 9.80 Å². The summed E-state index contributed by atoms with van der Waals surface area (Å²) in [6.45, 7) is 2.09. The van der Waals surface area contributed by atoms with Crippen LogP contribution in [0.5, 0.6) is 0 Å². The monoisotopic (exact) mass is 521 g/mol. The number of likely N-dealkylation sites (tertiary alicyclic amines) is 2. The lowest BCUT2D eigenvalue weighted by atomic mass is 9.84. The molecule has 0 spiro atoms. The third-order valence-corrected chi connectivity index (χ3v) is 8.22. The second-order valence-electron chi connectivity index (χ2n) is 9.34. The quantitative estimate of drug-likeness (QED) is 0.526. The van der Waals surface area contributed by atoms with Gasteiger partial charge in [-0.15, -0.1) is 0 Å². The van der Waals surface area contributed by atoms with Gasteiger partial charge in [0.1, 0.15) is 0 Å². The molecule has 8 heteroatoms. The minimum Gasteiger partial charge on any atom is -0.341 e. The van der Waals surface area contributed by atoms with E-state index in [9.17, 15) is 9.59 Å². The molecule has 2 fully saturated rings. The molecule has 0 aliphatic carbocycles. The first-order valence-corrected chi connectivity index (χ1v) is 12.9. The maximum Gasteiger partial charge on any atom is 0.253 e. The van der Waals surface area contributed by atoms with E-state index >= 15 is 0 Å². The predicted molar refractivity (Wildman–Crippen MR) is 138 cm³/mol. The van der Waals surface area contributed by atoms with Gasteiger partial charge in [-0.2, -0.15) is 0 Å². The summed E-state index contributed by atoms with van der Waals surface area (Å²) < 4.78 is 0. The van der Waals surface area contributed by atoms with Crippen LogP contribution in [0.25, 0.3) is 0 Å². The van der Waals surface area contributed by atoms with Gasteiger partial charge in [0, 0.05) is 42.7 Å². The number of hydrogen-bond acceptors (Lipinski definition) is 3. The van der Waals surface area contributed by atoms with Crippen molar-refractivity contribution in [2.24, 2.45) is 0 Å². The van der Waals surface area contributed by atoms with Crippen LogP contribution in [0.15, 0.2) is 42.5 Å². The van der Waals surface area contributed by atoms with E-state index in [4.69, 9.17) is 34.8 Å². The molecule has 0 aromatic heterocycles. The van der Waals surface area contributed by atoms with Gasteiger partial charge in [0.05, 0.1) is 16.1 Å². The lowest BCUT2D eigenvalue weighted by Gasteiger charge is -2.45. The van der Waals surface area contributed by atoms with Gasteiger partial charge in [0.2, 0.25) is 5.91 Å². The van der Waals surface area contributed by atoms with Crippen molar-refractivity contribution in [1.29, 1.82) is 0 Å². The molecule has 3 atom stereocenters. The van der Waals surface area contributed by atoms with Crippen molar-refractivity contribution >= 4 is 46.6 Å². The summed E-state index contributed by atoms with van der Waals surface area (Å²) in [5.74, 6) is 0.0264. The fourth-order valence-corrected chi connectivity index (χ4v) is 5.65. The molecule has 2 saturated heterocycles. The van der Waals surface area contributed by atoms with Crippen LogP contribution < -0.4 is 0 Å². The molecular formula is C26H30Cl3N3O2. The molecule has 2 aliphatic rings. The zero-order chi connectivity index (χ0) is 24.4. The van der Waals surface area contributed by atoms with Crippen molar-refractivity contribution in [3.05, 3.63) is 68.7 Å². The Balaban J connectivity index is 1.60. The first-order chi connectivity index (χ1) is 16.3. The predicted octanol–water partition coefficient (Wildman–Crippen LogP) is 5.59. The van der Waals surface area contributed by atoms with Crippen molar-refractivity contribution in [2.45, 2.75) is 43.7 Å². The van der Waals surface area contributed by atoms with Crippen LogP contribution in [0.3, 0.4) is 0 Å². The van der Waals surface area contributed by atoms with E-state index in [1.165, 1.54) is 0 Å². The number of hydrogen-bond donors (Lipinski definition) is 0. The molecule has 2 aromatic rings. The maximum absolute atomic E-state index is 13.5. The van der Waals surface area contributed by atoms with E-state index < -0.39 is 0 Å². The summed E-state index contributed by atoms with van der Waals surface area (Å²) in [5, 5.41) is 1.55. The molecule has 0 bridgehead atoms. The fourth-order valence-electron chi connectivity index (χ4n) is 5.22. The summed E-state index contributed by atoms with van der Waals surface area (Å²) in [6.07, 6.45) is 3.78. The molecule has 4 rings (SSSR count). The molecular weight excluding hydrogens is 493 g/mol. The normalized spacial score (nSPS) is 23.6. The zero-order valence-electron chi connectivity index (χ0n) is 19.5. The Bertz CT molecular complexity index is 1050.